The molecule has 0 saturated heterocycles. The lowest BCUT2D eigenvalue weighted by Crippen LogP contribution is -2.35. The van der Waals surface area contributed by atoms with Crippen molar-refractivity contribution in [3.05, 3.63) is 33.4 Å². The quantitative estimate of drug-likeness (QED) is 0.593. The minimum absolute atomic E-state index is 0.166. The summed E-state index contributed by atoms with van der Waals surface area (Å²) in [6.45, 7) is -0.387. The highest BCUT2D eigenvalue weighted by molar-refractivity contribution is 6.38. The number of rotatable bonds is 5. The molecule has 1 atom stereocenters. The number of nitrogens with two attached hydrogens (primary N) is 3. The Kier molecular flexibility index (Phi) is 4.87. The normalized spacial score (nSPS) is 20.6. The van der Waals surface area contributed by atoms with Crippen molar-refractivity contribution in [3.63, 3.8) is 0 Å². The number of carbonyl (C=O) groups excluding carboxylic acids is 1. The number of anilines is 1. The van der Waals surface area contributed by atoms with Gasteiger partial charge in [-0.2, -0.15) is 5.10 Å². The monoisotopic (exact) mass is 459 g/mol. The third kappa shape index (κ3) is 3.34. The molecule has 2 aromatic rings. The Balaban J connectivity index is 2.18. The zero-order valence-corrected chi connectivity index (χ0v) is 15.7. The molecule has 1 aliphatic rings. The maximum atomic E-state index is 14.1. The van der Waals surface area contributed by atoms with Crippen LogP contribution in [-0.2, 0) is 16.8 Å². The standard InChI is InChI=1S/C15H12Cl2F5N5O2/c16-6-1-5(29-15(20,21)22)2-7(17)10(6)27-11(24)9(8(3-23)26-27)13(12(25)28)4-14(13,18)19/h1-2H,3-4,23-24H2,(H2,25,28). The van der Waals surface area contributed by atoms with Crippen LogP contribution in [0.15, 0.2) is 12.1 Å². The molecular weight excluding hydrogens is 448 g/mol. The molecule has 29 heavy (non-hydrogen) atoms. The molecule has 1 unspecified atom stereocenters. The van der Waals surface area contributed by atoms with Crippen molar-refractivity contribution < 1.29 is 31.5 Å². The van der Waals surface area contributed by atoms with E-state index < -0.39 is 41.6 Å². The van der Waals surface area contributed by atoms with Gasteiger partial charge in [-0.05, 0) is 0 Å². The summed E-state index contributed by atoms with van der Waals surface area (Å²) in [5.41, 5.74) is 13.5. The van der Waals surface area contributed by atoms with E-state index in [9.17, 15) is 26.7 Å². The molecule has 1 aromatic carbocycles. The molecule has 1 fully saturated rings. The van der Waals surface area contributed by atoms with E-state index in [0.717, 1.165) is 16.8 Å². The van der Waals surface area contributed by atoms with Crippen LogP contribution >= 0.6 is 23.2 Å². The van der Waals surface area contributed by atoms with Crippen molar-refractivity contribution in [2.75, 3.05) is 5.73 Å². The summed E-state index contributed by atoms with van der Waals surface area (Å²) in [6.07, 6.45) is -5.89. The van der Waals surface area contributed by atoms with Crippen LogP contribution in [0, 0.1) is 0 Å². The van der Waals surface area contributed by atoms with Gasteiger partial charge in [0, 0.05) is 30.7 Å². The second-order valence-electron chi connectivity index (χ2n) is 6.26. The van der Waals surface area contributed by atoms with Gasteiger partial charge in [-0.25, -0.2) is 13.5 Å². The highest BCUT2D eigenvalue weighted by Crippen LogP contribution is 2.63. The molecule has 1 amide bonds. The van der Waals surface area contributed by atoms with Gasteiger partial charge in [-0.15, -0.1) is 13.2 Å². The molecule has 1 heterocycles. The first-order valence-electron chi connectivity index (χ1n) is 7.76. The number of nitrogen functional groups attached to an aromatic ring is 1. The van der Waals surface area contributed by atoms with E-state index in [2.05, 4.69) is 9.84 Å². The minimum atomic E-state index is -5.00. The summed E-state index contributed by atoms with van der Waals surface area (Å²) in [4.78, 5) is 11.8. The number of carbonyl (C=O) groups is 1. The van der Waals surface area contributed by atoms with Crippen molar-refractivity contribution in [2.45, 2.75) is 30.7 Å². The van der Waals surface area contributed by atoms with Gasteiger partial charge in [0.15, 0.2) is 0 Å². The zero-order chi connectivity index (χ0) is 21.9. The Labute approximate surface area is 169 Å². The Bertz CT molecular complexity index is 987. The molecule has 14 heteroatoms. The van der Waals surface area contributed by atoms with E-state index in [1.165, 1.54) is 0 Å². The van der Waals surface area contributed by atoms with Crippen molar-refractivity contribution in [1.29, 1.82) is 0 Å². The summed E-state index contributed by atoms with van der Waals surface area (Å²) < 4.78 is 69.9. The number of hydrogen-bond acceptors (Lipinski definition) is 5. The fourth-order valence-electron chi connectivity index (χ4n) is 3.14. The SMILES string of the molecule is NCc1nn(-c2c(Cl)cc(OC(F)(F)F)cc2Cl)c(N)c1C1(C(N)=O)CC1(F)F. The number of aromatic nitrogens is 2. The van der Waals surface area contributed by atoms with E-state index in [1.807, 2.05) is 0 Å². The fourth-order valence-corrected chi connectivity index (χ4v) is 3.77. The van der Waals surface area contributed by atoms with Gasteiger partial charge in [-0.1, -0.05) is 23.2 Å². The number of hydrogen-bond donors (Lipinski definition) is 3. The largest absolute Gasteiger partial charge is 0.573 e. The summed E-state index contributed by atoms with van der Waals surface area (Å²) >= 11 is 12.0. The number of halogens is 7. The smallest absolute Gasteiger partial charge is 0.406 e. The molecular formula is C15H12Cl2F5N5O2. The lowest BCUT2D eigenvalue weighted by atomic mass is 9.93. The second-order valence-corrected chi connectivity index (χ2v) is 7.07. The summed E-state index contributed by atoms with van der Waals surface area (Å²) in [5, 5.41) is 3.22. The first-order chi connectivity index (χ1) is 13.2. The van der Waals surface area contributed by atoms with Gasteiger partial charge in [0.25, 0.3) is 5.92 Å². The molecule has 1 aromatic heterocycles. The van der Waals surface area contributed by atoms with Gasteiger partial charge < -0.3 is 21.9 Å². The summed E-state index contributed by atoms with van der Waals surface area (Å²) in [6, 6.07) is 1.57. The molecule has 0 radical (unpaired) electrons. The molecule has 1 aliphatic carbocycles. The van der Waals surface area contributed by atoms with E-state index in [4.69, 9.17) is 40.4 Å². The average Bonchev–Trinajstić information content (AvgIpc) is 2.98. The first-order valence-corrected chi connectivity index (χ1v) is 8.51. The van der Waals surface area contributed by atoms with Gasteiger partial charge in [-0.3, -0.25) is 4.79 Å². The lowest BCUT2D eigenvalue weighted by Gasteiger charge is -2.15. The van der Waals surface area contributed by atoms with Crippen LogP contribution in [0.2, 0.25) is 10.0 Å². The number of alkyl halides is 5. The van der Waals surface area contributed by atoms with Crippen LogP contribution in [0.5, 0.6) is 5.75 Å². The molecule has 1 saturated carbocycles. The fraction of sp³-hybridized carbons (Fsp3) is 0.333. The number of amides is 1. The van der Waals surface area contributed by atoms with Gasteiger partial charge in [0.05, 0.1) is 15.7 Å². The van der Waals surface area contributed by atoms with Crippen LogP contribution in [-0.4, -0.2) is 28.0 Å². The Morgan fingerprint density at radius 3 is 2.17 bits per heavy atom. The molecule has 158 valence electrons. The molecule has 0 aliphatic heterocycles. The van der Waals surface area contributed by atoms with Crippen LogP contribution in [0.4, 0.5) is 27.8 Å². The zero-order valence-electron chi connectivity index (χ0n) is 14.2. The molecule has 7 nitrogen and oxygen atoms in total. The van der Waals surface area contributed by atoms with Crippen molar-refractivity contribution in [2.24, 2.45) is 11.5 Å². The van der Waals surface area contributed by atoms with E-state index in [-0.39, 0.29) is 33.5 Å². The molecule has 0 bridgehead atoms. The Morgan fingerprint density at radius 2 is 1.79 bits per heavy atom. The van der Waals surface area contributed by atoms with Crippen LogP contribution in [0.3, 0.4) is 0 Å². The average molecular weight is 460 g/mol. The predicted molar refractivity (Wildman–Crippen MR) is 93.0 cm³/mol. The first kappa shape index (κ1) is 21.4. The highest BCUT2D eigenvalue weighted by atomic mass is 35.5. The summed E-state index contributed by atoms with van der Waals surface area (Å²) in [5.74, 6) is -5.96. The maximum absolute atomic E-state index is 14.1. The highest BCUT2D eigenvalue weighted by Gasteiger charge is 2.77. The minimum Gasteiger partial charge on any atom is -0.406 e. The van der Waals surface area contributed by atoms with Crippen LogP contribution in [0.1, 0.15) is 17.7 Å². The predicted octanol–water partition coefficient (Wildman–Crippen LogP) is 2.88. The molecule has 3 rings (SSSR count). The molecule has 0 spiro atoms. The van der Waals surface area contributed by atoms with Crippen molar-refractivity contribution >= 4 is 34.9 Å². The molecule has 6 N–H and O–H groups in total. The van der Waals surface area contributed by atoms with Crippen molar-refractivity contribution in [1.82, 2.24) is 9.78 Å². The number of nitrogens with zero attached hydrogens (tertiary/aromatic N) is 2. The van der Waals surface area contributed by atoms with Crippen molar-refractivity contribution in [3.8, 4) is 11.4 Å². The number of primary amides is 1. The van der Waals surface area contributed by atoms with E-state index in [0.29, 0.717) is 0 Å². The van der Waals surface area contributed by atoms with Crippen LogP contribution < -0.4 is 21.9 Å². The second kappa shape index (κ2) is 6.61. The number of benzene rings is 1. The summed E-state index contributed by atoms with van der Waals surface area (Å²) in [7, 11) is 0. The lowest BCUT2D eigenvalue weighted by molar-refractivity contribution is -0.274. The van der Waals surface area contributed by atoms with Gasteiger partial charge in [0.1, 0.15) is 22.7 Å². The third-order valence-electron chi connectivity index (χ3n) is 4.46. The third-order valence-corrected chi connectivity index (χ3v) is 5.03. The van der Waals surface area contributed by atoms with Gasteiger partial charge in [0.2, 0.25) is 5.91 Å². The van der Waals surface area contributed by atoms with Crippen LogP contribution in [0.25, 0.3) is 5.69 Å². The maximum Gasteiger partial charge on any atom is 0.573 e. The van der Waals surface area contributed by atoms with E-state index in [1.54, 1.807) is 0 Å². The van der Waals surface area contributed by atoms with Gasteiger partial charge >= 0.3 is 6.36 Å². The Hall–Kier alpha value is -2.31. The van der Waals surface area contributed by atoms with E-state index >= 15 is 0 Å². The topological polar surface area (TPSA) is 122 Å². The Morgan fingerprint density at radius 1 is 1.28 bits per heavy atom. The number of ether oxygens (including phenoxy) is 1.